The van der Waals surface area contributed by atoms with E-state index in [0.29, 0.717) is 18.9 Å². The van der Waals surface area contributed by atoms with Gasteiger partial charge in [0.05, 0.1) is 23.7 Å². The molecule has 130 valence electrons. The van der Waals surface area contributed by atoms with E-state index >= 15 is 0 Å². The number of hydrogen-bond acceptors (Lipinski definition) is 5. The van der Waals surface area contributed by atoms with Crippen LogP contribution < -0.4 is 0 Å². The zero-order valence-electron chi connectivity index (χ0n) is 14.3. The second-order valence-corrected chi connectivity index (χ2v) is 7.25. The first-order valence-electron chi connectivity index (χ1n) is 8.36. The molecular weight excluding hydrogens is 324 g/mol. The first-order chi connectivity index (χ1) is 11.7. The Morgan fingerprint density at radius 2 is 2.38 bits per heavy atom. The zero-order chi connectivity index (χ0) is 16.9. The van der Waals surface area contributed by atoms with Crippen LogP contribution in [-0.4, -0.2) is 52.1 Å². The lowest BCUT2D eigenvalue weighted by Gasteiger charge is -2.32. The quantitative estimate of drug-likeness (QED) is 0.803. The van der Waals surface area contributed by atoms with Crippen LogP contribution in [0, 0.1) is 6.92 Å². The van der Waals surface area contributed by atoms with Gasteiger partial charge in [0, 0.05) is 50.4 Å². The fourth-order valence-corrected chi connectivity index (χ4v) is 3.84. The van der Waals surface area contributed by atoms with Crippen molar-refractivity contribution >= 4 is 17.2 Å². The van der Waals surface area contributed by atoms with Gasteiger partial charge in [-0.1, -0.05) is 0 Å². The maximum Gasteiger partial charge on any atom is 0.228 e. The standard InChI is InChI=1S/C17H24N4O2S/c1-13-19-15(12-24-13)10-16(22)21-6-3-4-14(11-21)17-18-5-7-20(17)8-9-23-2/h5,7,12,14H,3-4,6,8-11H2,1-2H3. The molecule has 1 atom stereocenters. The third kappa shape index (κ3) is 4.02. The molecule has 0 aliphatic carbocycles. The number of piperidine rings is 1. The molecule has 2 aromatic rings. The molecule has 0 bridgehead atoms. The highest BCUT2D eigenvalue weighted by Crippen LogP contribution is 2.26. The van der Waals surface area contributed by atoms with Crippen molar-refractivity contribution in [2.75, 3.05) is 26.8 Å². The van der Waals surface area contributed by atoms with Gasteiger partial charge in [0.15, 0.2) is 0 Å². The zero-order valence-corrected chi connectivity index (χ0v) is 15.1. The molecule has 6 nitrogen and oxygen atoms in total. The fourth-order valence-electron chi connectivity index (χ4n) is 3.23. The highest BCUT2D eigenvalue weighted by molar-refractivity contribution is 7.09. The van der Waals surface area contributed by atoms with E-state index in [0.717, 1.165) is 49.0 Å². The number of thiazole rings is 1. The van der Waals surface area contributed by atoms with E-state index in [1.54, 1.807) is 18.4 Å². The van der Waals surface area contributed by atoms with Crippen LogP contribution >= 0.6 is 11.3 Å². The minimum absolute atomic E-state index is 0.167. The summed E-state index contributed by atoms with van der Waals surface area (Å²) >= 11 is 1.59. The Balaban J connectivity index is 1.63. The SMILES string of the molecule is COCCn1ccnc1C1CCCN(C(=O)Cc2csc(C)n2)C1. The van der Waals surface area contributed by atoms with Crippen molar-refractivity contribution in [1.29, 1.82) is 0 Å². The van der Waals surface area contributed by atoms with Gasteiger partial charge in [0.1, 0.15) is 5.82 Å². The molecule has 0 radical (unpaired) electrons. The molecule has 1 unspecified atom stereocenters. The number of aryl methyl sites for hydroxylation is 1. The van der Waals surface area contributed by atoms with E-state index in [2.05, 4.69) is 14.5 Å². The van der Waals surface area contributed by atoms with Crippen molar-refractivity contribution in [3.63, 3.8) is 0 Å². The summed E-state index contributed by atoms with van der Waals surface area (Å²) in [6.07, 6.45) is 6.32. The maximum atomic E-state index is 12.6. The van der Waals surface area contributed by atoms with Gasteiger partial charge in [-0.05, 0) is 19.8 Å². The van der Waals surface area contributed by atoms with Gasteiger partial charge in [-0.3, -0.25) is 4.79 Å². The van der Waals surface area contributed by atoms with Crippen LogP contribution in [0.3, 0.4) is 0 Å². The molecule has 3 rings (SSSR count). The number of amides is 1. The topological polar surface area (TPSA) is 60.2 Å². The molecule has 1 fully saturated rings. The molecule has 3 heterocycles. The lowest BCUT2D eigenvalue weighted by Crippen LogP contribution is -2.40. The number of nitrogens with zero attached hydrogens (tertiary/aromatic N) is 4. The monoisotopic (exact) mass is 348 g/mol. The predicted molar refractivity (Wildman–Crippen MR) is 93.2 cm³/mol. The second-order valence-electron chi connectivity index (χ2n) is 6.19. The first-order valence-corrected chi connectivity index (χ1v) is 9.24. The average Bonchev–Trinajstić information content (AvgIpc) is 3.22. The van der Waals surface area contributed by atoms with E-state index in [1.165, 1.54) is 0 Å². The Morgan fingerprint density at radius 3 is 3.12 bits per heavy atom. The highest BCUT2D eigenvalue weighted by atomic mass is 32.1. The van der Waals surface area contributed by atoms with Crippen LogP contribution in [0.1, 0.15) is 35.3 Å². The van der Waals surface area contributed by atoms with Gasteiger partial charge in [-0.2, -0.15) is 0 Å². The van der Waals surface area contributed by atoms with Crippen LogP contribution in [0.25, 0.3) is 0 Å². The van der Waals surface area contributed by atoms with Crippen LogP contribution in [0.2, 0.25) is 0 Å². The molecular formula is C17H24N4O2S. The molecule has 1 saturated heterocycles. The number of methoxy groups -OCH3 is 1. The third-order valence-corrected chi connectivity index (χ3v) is 5.24. The van der Waals surface area contributed by atoms with Gasteiger partial charge in [0.2, 0.25) is 5.91 Å². The lowest BCUT2D eigenvalue weighted by molar-refractivity contribution is -0.131. The Bertz CT molecular complexity index is 682. The number of imidazole rings is 1. The van der Waals surface area contributed by atoms with E-state index in [9.17, 15) is 4.79 Å². The Labute approximate surface area is 146 Å². The van der Waals surface area contributed by atoms with Crippen LogP contribution in [-0.2, 0) is 22.5 Å². The number of carbonyl (C=O) groups excluding carboxylic acids is 1. The molecule has 0 aromatic carbocycles. The number of aromatic nitrogens is 3. The number of likely N-dealkylation sites (tertiary alicyclic amines) is 1. The molecule has 0 N–H and O–H groups in total. The first kappa shape index (κ1) is 17.1. The molecule has 24 heavy (non-hydrogen) atoms. The summed E-state index contributed by atoms with van der Waals surface area (Å²) in [5.74, 6) is 1.53. The van der Waals surface area contributed by atoms with Crippen LogP contribution in [0.15, 0.2) is 17.8 Å². The fraction of sp³-hybridized carbons (Fsp3) is 0.588. The summed E-state index contributed by atoms with van der Waals surface area (Å²) in [7, 11) is 1.71. The largest absolute Gasteiger partial charge is 0.383 e. The van der Waals surface area contributed by atoms with Crippen LogP contribution in [0.4, 0.5) is 0 Å². The minimum Gasteiger partial charge on any atom is -0.383 e. The van der Waals surface area contributed by atoms with Crippen molar-refractivity contribution in [3.05, 3.63) is 34.3 Å². The number of rotatable bonds is 6. The summed E-state index contributed by atoms with van der Waals surface area (Å²) in [6.45, 7) is 5.01. The summed E-state index contributed by atoms with van der Waals surface area (Å²) in [5.41, 5.74) is 0.881. The van der Waals surface area contributed by atoms with E-state index in [-0.39, 0.29) is 5.91 Å². The van der Waals surface area contributed by atoms with E-state index < -0.39 is 0 Å². The van der Waals surface area contributed by atoms with Crippen LogP contribution in [0.5, 0.6) is 0 Å². The molecule has 1 aliphatic heterocycles. The van der Waals surface area contributed by atoms with Gasteiger partial charge in [-0.15, -0.1) is 11.3 Å². The van der Waals surface area contributed by atoms with Gasteiger partial charge in [0.25, 0.3) is 0 Å². The number of ether oxygens (including phenoxy) is 1. The summed E-state index contributed by atoms with van der Waals surface area (Å²) in [6, 6.07) is 0. The Kier molecular flexibility index (Phi) is 5.63. The molecule has 0 saturated carbocycles. The normalized spacial score (nSPS) is 18.1. The smallest absolute Gasteiger partial charge is 0.228 e. The third-order valence-electron chi connectivity index (χ3n) is 4.42. The molecule has 1 aliphatic rings. The predicted octanol–water partition coefficient (Wildman–Crippen LogP) is 2.24. The van der Waals surface area contributed by atoms with Crippen molar-refractivity contribution < 1.29 is 9.53 Å². The van der Waals surface area contributed by atoms with Crippen molar-refractivity contribution in [2.45, 2.75) is 38.6 Å². The van der Waals surface area contributed by atoms with Gasteiger partial charge >= 0.3 is 0 Å². The summed E-state index contributed by atoms with van der Waals surface area (Å²) < 4.78 is 7.31. The Hall–Kier alpha value is -1.73. The summed E-state index contributed by atoms with van der Waals surface area (Å²) in [4.78, 5) is 23.5. The molecule has 0 spiro atoms. The number of hydrogen-bond donors (Lipinski definition) is 0. The lowest BCUT2D eigenvalue weighted by atomic mass is 9.96. The molecule has 1 amide bonds. The average molecular weight is 348 g/mol. The maximum absolute atomic E-state index is 12.6. The van der Waals surface area contributed by atoms with Gasteiger partial charge in [-0.25, -0.2) is 9.97 Å². The number of carbonyl (C=O) groups is 1. The van der Waals surface area contributed by atoms with Crippen molar-refractivity contribution in [2.24, 2.45) is 0 Å². The van der Waals surface area contributed by atoms with Crippen molar-refractivity contribution in [3.8, 4) is 0 Å². The highest BCUT2D eigenvalue weighted by Gasteiger charge is 2.27. The summed E-state index contributed by atoms with van der Waals surface area (Å²) in [5, 5.41) is 2.99. The minimum atomic E-state index is 0.167. The van der Waals surface area contributed by atoms with Crippen molar-refractivity contribution in [1.82, 2.24) is 19.4 Å². The van der Waals surface area contributed by atoms with Gasteiger partial charge < -0.3 is 14.2 Å². The Morgan fingerprint density at radius 1 is 1.50 bits per heavy atom. The van der Waals surface area contributed by atoms with E-state index in [4.69, 9.17) is 4.74 Å². The second kappa shape index (κ2) is 7.90. The molecule has 2 aromatic heterocycles. The molecule has 7 heteroatoms. The van der Waals surface area contributed by atoms with E-state index in [1.807, 2.05) is 29.6 Å².